The quantitative estimate of drug-likeness (QED) is 0.683. The highest BCUT2D eigenvalue weighted by Gasteiger charge is 2.19. The Morgan fingerprint density at radius 1 is 0.966 bits per heavy atom. The molecule has 29 heavy (non-hydrogen) atoms. The van der Waals surface area contributed by atoms with Crippen molar-refractivity contribution in [2.24, 2.45) is 0 Å². The van der Waals surface area contributed by atoms with Crippen LogP contribution in [0.25, 0.3) is 10.6 Å². The molecule has 0 unspecified atom stereocenters. The second-order valence-corrected chi connectivity index (χ2v) is 7.49. The number of carbonyl (C=O) groups is 2. The van der Waals surface area contributed by atoms with E-state index in [9.17, 15) is 9.59 Å². The molecule has 0 bridgehead atoms. The number of hydrogen-bond acceptors (Lipinski definition) is 6. The van der Waals surface area contributed by atoms with Crippen molar-refractivity contribution in [1.29, 1.82) is 0 Å². The van der Waals surface area contributed by atoms with Gasteiger partial charge in [0.1, 0.15) is 16.6 Å². The zero-order valence-corrected chi connectivity index (χ0v) is 16.5. The molecule has 4 heterocycles. The average Bonchev–Trinajstić information content (AvgIpc) is 3.23. The Bertz CT molecular complexity index is 1000. The molecule has 1 fully saturated rings. The van der Waals surface area contributed by atoms with E-state index in [4.69, 9.17) is 0 Å². The summed E-state index contributed by atoms with van der Waals surface area (Å²) < 4.78 is 0. The summed E-state index contributed by atoms with van der Waals surface area (Å²) in [6.07, 6.45) is 8.13. The first kappa shape index (κ1) is 19.0. The van der Waals surface area contributed by atoms with E-state index < -0.39 is 6.03 Å². The lowest BCUT2D eigenvalue weighted by Gasteiger charge is -2.26. The summed E-state index contributed by atoms with van der Waals surface area (Å²) in [4.78, 5) is 39.3. The largest absolute Gasteiger partial charge is 0.339 e. The molecule has 1 aliphatic heterocycles. The van der Waals surface area contributed by atoms with Crippen LogP contribution < -0.4 is 10.6 Å². The number of carbonyl (C=O) groups excluding carboxylic acids is 2. The summed E-state index contributed by atoms with van der Waals surface area (Å²) in [5, 5.41) is 7.90. The van der Waals surface area contributed by atoms with Crippen LogP contribution in [0.5, 0.6) is 0 Å². The van der Waals surface area contributed by atoms with E-state index in [-0.39, 0.29) is 5.91 Å². The van der Waals surface area contributed by atoms with Gasteiger partial charge in [0, 0.05) is 48.2 Å². The van der Waals surface area contributed by atoms with Crippen molar-refractivity contribution >= 4 is 34.9 Å². The van der Waals surface area contributed by atoms with Crippen molar-refractivity contribution in [2.75, 3.05) is 23.7 Å². The molecular weight excluding hydrogens is 388 g/mol. The predicted molar refractivity (Wildman–Crippen MR) is 112 cm³/mol. The van der Waals surface area contributed by atoms with Gasteiger partial charge in [0.15, 0.2) is 0 Å². The van der Waals surface area contributed by atoms with Crippen LogP contribution in [0.4, 0.5) is 16.4 Å². The summed E-state index contributed by atoms with van der Waals surface area (Å²) >= 11 is 1.43. The summed E-state index contributed by atoms with van der Waals surface area (Å²) in [7, 11) is 0. The topological polar surface area (TPSA) is 100 Å². The molecule has 2 N–H and O–H groups in total. The Morgan fingerprint density at radius 3 is 2.52 bits per heavy atom. The Labute approximate surface area is 172 Å². The zero-order valence-electron chi connectivity index (χ0n) is 15.7. The van der Waals surface area contributed by atoms with E-state index in [1.807, 2.05) is 17.0 Å². The van der Waals surface area contributed by atoms with E-state index in [1.165, 1.54) is 17.5 Å². The maximum absolute atomic E-state index is 12.6. The molecule has 0 aromatic carbocycles. The van der Waals surface area contributed by atoms with E-state index in [0.29, 0.717) is 17.2 Å². The summed E-state index contributed by atoms with van der Waals surface area (Å²) in [6, 6.07) is 6.52. The number of urea groups is 1. The highest BCUT2D eigenvalue weighted by Crippen LogP contribution is 2.25. The molecule has 0 radical (unpaired) electrons. The molecule has 1 saturated heterocycles. The summed E-state index contributed by atoms with van der Waals surface area (Å²) in [6.45, 7) is 1.54. The smallest absolute Gasteiger partial charge is 0.326 e. The number of aromatic nitrogens is 3. The van der Waals surface area contributed by atoms with Crippen molar-refractivity contribution in [1.82, 2.24) is 19.9 Å². The first-order valence-corrected chi connectivity index (χ1v) is 10.3. The van der Waals surface area contributed by atoms with Crippen molar-refractivity contribution in [3.8, 4) is 10.6 Å². The van der Waals surface area contributed by atoms with Crippen molar-refractivity contribution < 1.29 is 9.59 Å². The Hall–Kier alpha value is -3.33. The Morgan fingerprint density at radius 2 is 1.72 bits per heavy atom. The monoisotopic (exact) mass is 408 g/mol. The highest BCUT2D eigenvalue weighted by atomic mass is 32.1. The SMILES string of the molecule is O=C(Nc1cc(C(=O)N2CCCCC2)ccn1)Nc1csc(-c2ccncc2)n1. The van der Waals surface area contributed by atoms with Gasteiger partial charge in [-0.15, -0.1) is 11.3 Å². The first-order chi connectivity index (χ1) is 14.2. The van der Waals surface area contributed by atoms with Crippen LogP contribution in [-0.2, 0) is 0 Å². The minimum absolute atomic E-state index is 0.0305. The number of hydrogen-bond donors (Lipinski definition) is 2. The van der Waals surface area contributed by atoms with Gasteiger partial charge < -0.3 is 4.90 Å². The average molecular weight is 408 g/mol. The van der Waals surface area contributed by atoms with Crippen molar-refractivity contribution in [3.63, 3.8) is 0 Å². The molecule has 0 aliphatic carbocycles. The Kier molecular flexibility index (Phi) is 5.76. The number of pyridine rings is 2. The number of likely N-dealkylation sites (tertiary alicyclic amines) is 1. The fourth-order valence-electron chi connectivity index (χ4n) is 3.13. The van der Waals surface area contributed by atoms with E-state index in [0.717, 1.165) is 42.9 Å². The number of amides is 3. The summed E-state index contributed by atoms with van der Waals surface area (Å²) in [5.74, 6) is 0.729. The number of anilines is 2. The van der Waals surface area contributed by atoms with Crippen LogP contribution in [0.1, 0.15) is 29.6 Å². The third-order valence-corrected chi connectivity index (χ3v) is 5.46. The van der Waals surface area contributed by atoms with Crippen LogP contribution in [0.15, 0.2) is 48.2 Å². The number of piperidine rings is 1. The van der Waals surface area contributed by atoms with E-state index in [1.54, 1.807) is 29.9 Å². The minimum Gasteiger partial charge on any atom is -0.339 e. The van der Waals surface area contributed by atoms with E-state index in [2.05, 4.69) is 25.6 Å². The number of nitrogens with zero attached hydrogens (tertiary/aromatic N) is 4. The molecule has 0 spiro atoms. The lowest BCUT2D eigenvalue weighted by atomic mass is 10.1. The predicted octanol–water partition coefficient (Wildman–Crippen LogP) is 3.87. The number of nitrogens with one attached hydrogen (secondary N) is 2. The second kappa shape index (κ2) is 8.78. The normalized spacial score (nSPS) is 13.7. The van der Waals surface area contributed by atoms with Gasteiger partial charge in [-0.25, -0.2) is 14.8 Å². The molecule has 0 saturated carbocycles. The van der Waals surface area contributed by atoms with Crippen LogP contribution >= 0.6 is 11.3 Å². The van der Waals surface area contributed by atoms with Gasteiger partial charge in [-0.1, -0.05) is 0 Å². The van der Waals surface area contributed by atoms with Crippen molar-refractivity contribution in [2.45, 2.75) is 19.3 Å². The van der Waals surface area contributed by atoms with Gasteiger partial charge in [-0.2, -0.15) is 0 Å². The standard InChI is InChI=1S/C20H20N6O2S/c27-19(26-10-2-1-3-11-26)15-6-9-22-16(12-15)24-20(28)25-17-13-29-18(23-17)14-4-7-21-8-5-14/h4-9,12-13H,1-3,10-11H2,(H2,22,24,25,28). The zero-order chi connectivity index (χ0) is 20.1. The number of rotatable bonds is 4. The maximum Gasteiger partial charge on any atom is 0.326 e. The van der Waals surface area contributed by atoms with Gasteiger partial charge in [0.2, 0.25) is 0 Å². The lowest BCUT2D eigenvalue weighted by Crippen LogP contribution is -2.35. The molecule has 0 atom stereocenters. The third-order valence-electron chi connectivity index (χ3n) is 4.56. The molecule has 3 aromatic heterocycles. The molecule has 3 amide bonds. The minimum atomic E-state index is -0.466. The van der Waals surface area contributed by atoms with Crippen LogP contribution in [0.3, 0.4) is 0 Å². The summed E-state index contributed by atoms with van der Waals surface area (Å²) in [5.41, 5.74) is 1.45. The third kappa shape index (κ3) is 4.75. The van der Waals surface area contributed by atoms with Crippen LogP contribution in [0.2, 0.25) is 0 Å². The highest BCUT2D eigenvalue weighted by molar-refractivity contribution is 7.13. The second-order valence-electron chi connectivity index (χ2n) is 6.64. The molecule has 148 valence electrons. The number of thiazole rings is 1. The van der Waals surface area contributed by atoms with Crippen LogP contribution in [-0.4, -0.2) is 44.9 Å². The molecule has 1 aliphatic rings. The van der Waals surface area contributed by atoms with Gasteiger partial charge in [0.05, 0.1) is 0 Å². The molecule has 4 rings (SSSR count). The van der Waals surface area contributed by atoms with Gasteiger partial charge >= 0.3 is 6.03 Å². The fourth-order valence-corrected chi connectivity index (χ4v) is 3.89. The molecule has 9 heteroatoms. The van der Waals surface area contributed by atoms with Gasteiger partial charge in [-0.3, -0.25) is 20.4 Å². The first-order valence-electron chi connectivity index (χ1n) is 9.38. The van der Waals surface area contributed by atoms with E-state index >= 15 is 0 Å². The van der Waals surface area contributed by atoms with Crippen LogP contribution in [0, 0.1) is 0 Å². The fraction of sp³-hybridized carbons (Fsp3) is 0.250. The molecule has 8 nitrogen and oxygen atoms in total. The Balaban J connectivity index is 1.39. The van der Waals surface area contributed by atoms with Gasteiger partial charge in [-0.05, 0) is 43.5 Å². The van der Waals surface area contributed by atoms with Crippen molar-refractivity contribution in [3.05, 3.63) is 53.8 Å². The molecule has 3 aromatic rings. The lowest BCUT2D eigenvalue weighted by molar-refractivity contribution is 0.0724. The van der Waals surface area contributed by atoms with Gasteiger partial charge in [0.25, 0.3) is 5.91 Å². The maximum atomic E-state index is 12.6. The molecular formula is C20H20N6O2S.